The maximum atomic E-state index is 12.2. The number of carbonyl (C=O) groups excluding carboxylic acids is 1. The average molecular weight is 344 g/mol. The van der Waals surface area contributed by atoms with E-state index >= 15 is 0 Å². The molecule has 1 amide bonds. The summed E-state index contributed by atoms with van der Waals surface area (Å²) in [6, 6.07) is 17.2. The van der Waals surface area contributed by atoms with E-state index in [9.17, 15) is 4.79 Å². The molecule has 0 bridgehead atoms. The van der Waals surface area contributed by atoms with E-state index in [4.69, 9.17) is 0 Å². The Hall–Kier alpha value is -3.74. The van der Waals surface area contributed by atoms with Gasteiger partial charge in [-0.3, -0.25) is 14.5 Å². The van der Waals surface area contributed by atoms with Crippen molar-refractivity contribution in [3.63, 3.8) is 0 Å². The fraction of sp³-hybridized carbons (Fsp3) is 0.0526. The summed E-state index contributed by atoms with van der Waals surface area (Å²) in [6.45, 7) is 0.114. The van der Waals surface area contributed by atoms with Crippen LogP contribution in [0.15, 0.2) is 79.4 Å². The second kappa shape index (κ2) is 7.02. The summed E-state index contributed by atoms with van der Waals surface area (Å²) in [5.41, 5.74) is 3.07. The molecular weight excluding hydrogens is 328 g/mol. The number of benzene rings is 1. The lowest BCUT2D eigenvalue weighted by Crippen LogP contribution is -2.18. The average Bonchev–Trinajstić information content (AvgIpc) is 3.33. The molecule has 4 aromatic rings. The van der Waals surface area contributed by atoms with Gasteiger partial charge in [0.05, 0.1) is 29.5 Å². The molecule has 0 fully saturated rings. The minimum absolute atomic E-state index is 0.114. The second-order valence-corrected chi connectivity index (χ2v) is 5.67. The Kier molecular flexibility index (Phi) is 4.26. The van der Waals surface area contributed by atoms with E-state index in [1.807, 2.05) is 54.6 Å². The fourth-order valence-corrected chi connectivity index (χ4v) is 2.56. The van der Waals surface area contributed by atoms with Gasteiger partial charge in [-0.15, -0.1) is 0 Å². The maximum Gasteiger partial charge on any atom is 0.246 e. The number of nitrogens with one attached hydrogen (secondary N) is 1. The van der Waals surface area contributed by atoms with Crippen LogP contribution in [0.3, 0.4) is 0 Å². The van der Waals surface area contributed by atoms with Crippen molar-refractivity contribution in [1.29, 1.82) is 0 Å². The van der Waals surface area contributed by atoms with Crippen molar-refractivity contribution >= 4 is 11.6 Å². The Morgan fingerprint density at radius 3 is 2.65 bits per heavy atom. The van der Waals surface area contributed by atoms with Gasteiger partial charge in [0.1, 0.15) is 12.2 Å². The van der Waals surface area contributed by atoms with Crippen molar-refractivity contribution in [2.75, 3.05) is 5.32 Å². The standard InChI is InChI=1S/C19H16N6O/c26-19(14-24-11-9-18(23-24)17-8-4-5-10-20-17)22-15-12-21-25(13-15)16-6-2-1-3-7-16/h1-13H,14H2,(H,22,26). The number of pyridine rings is 1. The van der Waals surface area contributed by atoms with Crippen molar-refractivity contribution < 1.29 is 4.79 Å². The van der Waals surface area contributed by atoms with Crippen LogP contribution >= 0.6 is 0 Å². The van der Waals surface area contributed by atoms with Crippen LogP contribution in [0.5, 0.6) is 0 Å². The largest absolute Gasteiger partial charge is 0.322 e. The van der Waals surface area contributed by atoms with Gasteiger partial charge < -0.3 is 5.32 Å². The lowest BCUT2D eigenvalue weighted by Gasteiger charge is -2.03. The van der Waals surface area contributed by atoms with Gasteiger partial charge in [0.2, 0.25) is 5.91 Å². The lowest BCUT2D eigenvalue weighted by atomic mass is 10.3. The van der Waals surface area contributed by atoms with Crippen LogP contribution in [0, 0.1) is 0 Å². The summed E-state index contributed by atoms with van der Waals surface area (Å²) in [7, 11) is 0. The molecule has 0 aliphatic carbocycles. The zero-order chi connectivity index (χ0) is 17.8. The van der Waals surface area contributed by atoms with Crippen molar-refractivity contribution in [2.24, 2.45) is 0 Å². The minimum Gasteiger partial charge on any atom is -0.322 e. The molecular formula is C19H16N6O. The van der Waals surface area contributed by atoms with Crippen molar-refractivity contribution in [3.05, 3.63) is 79.4 Å². The van der Waals surface area contributed by atoms with E-state index in [1.54, 1.807) is 34.2 Å². The van der Waals surface area contributed by atoms with Crippen LogP contribution in [-0.4, -0.2) is 30.5 Å². The Morgan fingerprint density at radius 1 is 1.00 bits per heavy atom. The van der Waals surface area contributed by atoms with Gasteiger partial charge in [-0.2, -0.15) is 10.2 Å². The van der Waals surface area contributed by atoms with Crippen molar-refractivity contribution in [2.45, 2.75) is 6.54 Å². The van der Waals surface area contributed by atoms with E-state index in [0.717, 1.165) is 17.1 Å². The first-order valence-corrected chi connectivity index (χ1v) is 8.13. The number of hydrogen-bond acceptors (Lipinski definition) is 4. The third kappa shape index (κ3) is 3.51. The van der Waals surface area contributed by atoms with Crippen LogP contribution in [0.25, 0.3) is 17.1 Å². The number of anilines is 1. The van der Waals surface area contributed by atoms with E-state index in [1.165, 1.54) is 0 Å². The van der Waals surface area contributed by atoms with E-state index in [0.29, 0.717) is 5.69 Å². The van der Waals surface area contributed by atoms with Crippen LogP contribution in [0.4, 0.5) is 5.69 Å². The normalized spacial score (nSPS) is 10.6. The molecule has 7 heteroatoms. The highest BCUT2D eigenvalue weighted by atomic mass is 16.2. The van der Waals surface area contributed by atoms with Gasteiger partial charge in [0.15, 0.2) is 0 Å². The molecule has 0 aliphatic heterocycles. The number of rotatable bonds is 5. The maximum absolute atomic E-state index is 12.2. The third-order valence-corrected chi connectivity index (χ3v) is 3.76. The highest BCUT2D eigenvalue weighted by molar-refractivity contribution is 5.90. The summed E-state index contributed by atoms with van der Waals surface area (Å²) < 4.78 is 3.30. The molecule has 128 valence electrons. The number of nitrogens with zero attached hydrogens (tertiary/aromatic N) is 5. The smallest absolute Gasteiger partial charge is 0.246 e. The van der Waals surface area contributed by atoms with Gasteiger partial charge in [-0.1, -0.05) is 24.3 Å². The molecule has 1 N–H and O–H groups in total. The summed E-state index contributed by atoms with van der Waals surface area (Å²) in [5, 5.41) is 11.5. The Bertz CT molecular complexity index is 925. The van der Waals surface area contributed by atoms with E-state index in [2.05, 4.69) is 20.5 Å². The summed E-state index contributed by atoms with van der Waals surface area (Å²) >= 11 is 0. The Balaban J connectivity index is 1.40. The predicted octanol–water partition coefficient (Wildman–Crippen LogP) is 2.77. The van der Waals surface area contributed by atoms with Gasteiger partial charge in [0, 0.05) is 12.4 Å². The summed E-state index contributed by atoms with van der Waals surface area (Å²) in [6.07, 6.45) is 6.87. The summed E-state index contributed by atoms with van der Waals surface area (Å²) in [5.74, 6) is -0.173. The molecule has 4 rings (SSSR count). The minimum atomic E-state index is -0.173. The zero-order valence-corrected chi connectivity index (χ0v) is 13.9. The van der Waals surface area contributed by atoms with E-state index in [-0.39, 0.29) is 12.5 Å². The number of hydrogen-bond donors (Lipinski definition) is 1. The van der Waals surface area contributed by atoms with Crippen LogP contribution in [-0.2, 0) is 11.3 Å². The monoisotopic (exact) mass is 344 g/mol. The van der Waals surface area contributed by atoms with Crippen molar-refractivity contribution in [3.8, 4) is 17.1 Å². The molecule has 0 spiro atoms. The first kappa shape index (κ1) is 15.8. The number of carbonyl (C=O) groups is 1. The first-order chi connectivity index (χ1) is 12.8. The van der Waals surface area contributed by atoms with Gasteiger partial charge in [0.25, 0.3) is 0 Å². The molecule has 0 saturated carbocycles. The van der Waals surface area contributed by atoms with Gasteiger partial charge in [-0.05, 0) is 30.3 Å². The third-order valence-electron chi connectivity index (χ3n) is 3.76. The van der Waals surface area contributed by atoms with Gasteiger partial charge in [-0.25, -0.2) is 4.68 Å². The molecule has 3 heterocycles. The fourth-order valence-electron chi connectivity index (χ4n) is 2.56. The zero-order valence-electron chi connectivity index (χ0n) is 13.9. The first-order valence-electron chi connectivity index (χ1n) is 8.13. The molecule has 0 unspecified atom stereocenters. The molecule has 0 aliphatic rings. The predicted molar refractivity (Wildman–Crippen MR) is 97.7 cm³/mol. The lowest BCUT2D eigenvalue weighted by molar-refractivity contribution is -0.116. The van der Waals surface area contributed by atoms with E-state index < -0.39 is 0 Å². The highest BCUT2D eigenvalue weighted by Gasteiger charge is 2.09. The number of para-hydroxylation sites is 1. The second-order valence-electron chi connectivity index (χ2n) is 5.67. The molecule has 3 aromatic heterocycles. The molecule has 0 saturated heterocycles. The summed E-state index contributed by atoms with van der Waals surface area (Å²) in [4.78, 5) is 16.5. The number of amides is 1. The molecule has 0 radical (unpaired) electrons. The quantitative estimate of drug-likeness (QED) is 0.604. The molecule has 7 nitrogen and oxygen atoms in total. The van der Waals surface area contributed by atoms with Crippen molar-refractivity contribution in [1.82, 2.24) is 24.5 Å². The molecule has 0 atom stereocenters. The van der Waals surface area contributed by atoms with Crippen LogP contribution in [0.1, 0.15) is 0 Å². The Morgan fingerprint density at radius 2 is 1.85 bits per heavy atom. The number of aromatic nitrogens is 5. The van der Waals surface area contributed by atoms with Crippen LogP contribution < -0.4 is 5.32 Å². The highest BCUT2D eigenvalue weighted by Crippen LogP contribution is 2.14. The van der Waals surface area contributed by atoms with Crippen LogP contribution in [0.2, 0.25) is 0 Å². The molecule has 26 heavy (non-hydrogen) atoms. The Labute approximate surface area is 149 Å². The topological polar surface area (TPSA) is 77.6 Å². The SMILES string of the molecule is O=C(Cn1ccc(-c2ccccn2)n1)Nc1cnn(-c2ccccc2)c1. The van der Waals surface area contributed by atoms with Gasteiger partial charge >= 0.3 is 0 Å². The molecule has 1 aromatic carbocycles.